The Hall–Kier alpha value is -1.84. The lowest BCUT2D eigenvalue weighted by Crippen LogP contribution is -1.99. The van der Waals surface area contributed by atoms with E-state index in [1.165, 1.54) is 18.2 Å². The molecule has 2 rings (SSSR count). The predicted molar refractivity (Wildman–Crippen MR) is 59.7 cm³/mol. The molecule has 84 valence electrons. The molecule has 1 heterocycles. The van der Waals surface area contributed by atoms with Gasteiger partial charge in [0, 0.05) is 23.4 Å². The van der Waals surface area contributed by atoms with Gasteiger partial charge in [0.2, 0.25) is 0 Å². The number of aromatic hydroxyl groups is 1. The van der Waals surface area contributed by atoms with Crippen LogP contribution < -0.4 is 0 Å². The van der Waals surface area contributed by atoms with E-state index in [4.69, 9.17) is 0 Å². The Morgan fingerprint density at radius 3 is 2.75 bits per heavy atom. The molecule has 0 radical (unpaired) electrons. The highest BCUT2D eigenvalue weighted by atomic mass is 19.1. The van der Waals surface area contributed by atoms with Gasteiger partial charge in [0.15, 0.2) is 0 Å². The molecule has 0 saturated carbocycles. The summed E-state index contributed by atoms with van der Waals surface area (Å²) in [6, 6.07) is 4.20. The molecule has 0 atom stereocenters. The van der Waals surface area contributed by atoms with E-state index < -0.39 is 0 Å². The Kier molecular flexibility index (Phi) is 2.64. The molecule has 2 aromatic rings. The van der Waals surface area contributed by atoms with E-state index in [0.717, 1.165) is 0 Å². The van der Waals surface area contributed by atoms with Crippen LogP contribution in [-0.4, -0.2) is 14.9 Å². The fraction of sp³-hybridized carbons (Fsp3) is 0.250. The Morgan fingerprint density at radius 2 is 2.12 bits per heavy atom. The minimum Gasteiger partial charge on any atom is -0.508 e. The fourth-order valence-electron chi connectivity index (χ4n) is 1.49. The fourth-order valence-corrected chi connectivity index (χ4v) is 1.49. The lowest BCUT2D eigenvalue weighted by molar-refractivity contribution is 0.473. The standard InChI is InChI=1S/C12H13FN2O/c1-8(2)15-7-9(6-14-15)11-5-10(16)3-4-12(11)13/h3-8,16H,1-2H3. The van der Waals surface area contributed by atoms with Gasteiger partial charge >= 0.3 is 0 Å². The number of aromatic nitrogens is 2. The SMILES string of the molecule is CC(C)n1cc(-c2cc(O)ccc2F)cn1. The number of phenols is 1. The molecule has 1 N–H and O–H groups in total. The van der Waals surface area contributed by atoms with Gasteiger partial charge in [0.1, 0.15) is 11.6 Å². The molecule has 0 saturated heterocycles. The number of rotatable bonds is 2. The first-order valence-corrected chi connectivity index (χ1v) is 5.11. The molecule has 0 fully saturated rings. The van der Waals surface area contributed by atoms with Crippen molar-refractivity contribution in [1.29, 1.82) is 0 Å². The number of hydrogen-bond acceptors (Lipinski definition) is 2. The van der Waals surface area contributed by atoms with Crippen LogP contribution in [0.1, 0.15) is 19.9 Å². The molecule has 16 heavy (non-hydrogen) atoms. The van der Waals surface area contributed by atoms with E-state index in [1.807, 2.05) is 13.8 Å². The zero-order valence-corrected chi connectivity index (χ0v) is 9.18. The zero-order chi connectivity index (χ0) is 11.7. The number of nitrogens with zero attached hydrogens (tertiary/aromatic N) is 2. The Labute approximate surface area is 93.2 Å². The van der Waals surface area contributed by atoms with Crippen molar-refractivity contribution >= 4 is 0 Å². The maximum atomic E-state index is 13.5. The first kappa shape index (κ1) is 10.7. The summed E-state index contributed by atoms with van der Waals surface area (Å²) in [6.45, 7) is 3.99. The van der Waals surface area contributed by atoms with Crippen LogP contribution in [0, 0.1) is 5.82 Å². The molecule has 0 aliphatic carbocycles. The molecule has 0 aliphatic rings. The molecule has 1 aromatic carbocycles. The summed E-state index contributed by atoms with van der Waals surface area (Å²) in [5, 5.41) is 13.5. The maximum absolute atomic E-state index is 13.5. The monoisotopic (exact) mass is 220 g/mol. The van der Waals surface area contributed by atoms with Gasteiger partial charge in [-0.05, 0) is 32.0 Å². The van der Waals surface area contributed by atoms with Crippen LogP contribution in [0.3, 0.4) is 0 Å². The largest absolute Gasteiger partial charge is 0.508 e. The van der Waals surface area contributed by atoms with Crippen molar-refractivity contribution in [3.8, 4) is 16.9 Å². The number of phenolic OH excluding ortho intramolecular Hbond substituents is 1. The summed E-state index contributed by atoms with van der Waals surface area (Å²) in [6.07, 6.45) is 3.36. The van der Waals surface area contributed by atoms with E-state index >= 15 is 0 Å². The summed E-state index contributed by atoms with van der Waals surface area (Å²) in [5.74, 6) is -0.310. The smallest absolute Gasteiger partial charge is 0.131 e. The predicted octanol–water partition coefficient (Wildman–Crippen LogP) is 2.98. The van der Waals surface area contributed by atoms with Crippen molar-refractivity contribution in [2.75, 3.05) is 0 Å². The number of benzene rings is 1. The van der Waals surface area contributed by atoms with Gasteiger partial charge < -0.3 is 5.11 Å². The van der Waals surface area contributed by atoms with E-state index in [1.54, 1.807) is 17.1 Å². The first-order chi connectivity index (χ1) is 7.58. The highest BCUT2D eigenvalue weighted by molar-refractivity contribution is 5.64. The van der Waals surface area contributed by atoms with Gasteiger partial charge in [0.05, 0.1) is 6.20 Å². The molecule has 1 aromatic heterocycles. The molecular formula is C12H13FN2O. The molecule has 0 aliphatic heterocycles. The Morgan fingerprint density at radius 1 is 1.38 bits per heavy atom. The molecule has 4 heteroatoms. The normalized spacial score (nSPS) is 11.0. The number of hydrogen-bond donors (Lipinski definition) is 1. The minimum absolute atomic E-state index is 0.0497. The highest BCUT2D eigenvalue weighted by Crippen LogP contribution is 2.26. The van der Waals surface area contributed by atoms with Crippen molar-refractivity contribution in [1.82, 2.24) is 9.78 Å². The molecular weight excluding hydrogens is 207 g/mol. The van der Waals surface area contributed by atoms with Gasteiger partial charge in [-0.2, -0.15) is 5.10 Å². The van der Waals surface area contributed by atoms with E-state index in [-0.39, 0.29) is 17.6 Å². The van der Waals surface area contributed by atoms with Crippen molar-refractivity contribution < 1.29 is 9.50 Å². The molecule has 0 unspecified atom stereocenters. The average Bonchev–Trinajstić information content (AvgIpc) is 2.70. The summed E-state index contributed by atoms with van der Waals surface area (Å²) >= 11 is 0. The third-order valence-corrected chi connectivity index (χ3v) is 2.39. The second-order valence-corrected chi connectivity index (χ2v) is 3.97. The minimum atomic E-state index is -0.360. The van der Waals surface area contributed by atoms with Crippen LogP contribution in [0.4, 0.5) is 4.39 Å². The third kappa shape index (κ3) is 1.91. The third-order valence-electron chi connectivity index (χ3n) is 2.39. The highest BCUT2D eigenvalue weighted by Gasteiger charge is 2.09. The van der Waals surface area contributed by atoms with Crippen molar-refractivity contribution in [2.45, 2.75) is 19.9 Å². The summed E-state index contributed by atoms with van der Waals surface area (Å²) in [4.78, 5) is 0. The molecule has 3 nitrogen and oxygen atoms in total. The van der Waals surface area contributed by atoms with Crippen molar-refractivity contribution in [2.24, 2.45) is 0 Å². The topological polar surface area (TPSA) is 38.0 Å². The summed E-state index contributed by atoms with van der Waals surface area (Å²) in [5.41, 5.74) is 1.04. The van der Waals surface area contributed by atoms with Crippen LogP contribution in [0.5, 0.6) is 5.75 Å². The average molecular weight is 220 g/mol. The van der Waals surface area contributed by atoms with E-state index in [0.29, 0.717) is 11.1 Å². The zero-order valence-electron chi connectivity index (χ0n) is 9.18. The second kappa shape index (κ2) is 3.96. The van der Waals surface area contributed by atoms with Crippen molar-refractivity contribution in [3.63, 3.8) is 0 Å². The van der Waals surface area contributed by atoms with Gasteiger partial charge in [-0.3, -0.25) is 4.68 Å². The van der Waals surface area contributed by atoms with Crippen LogP contribution >= 0.6 is 0 Å². The quantitative estimate of drug-likeness (QED) is 0.844. The Bertz CT molecular complexity index is 505. The maximum Gasteiger partial charge on any atom is 0.131 e. The summed E-state index contributed by atoms with van der Waals surface area (Å²) in [7, 11) is 0. The van der Waals surface area contributed by atoms with Crippen LogP contribution in [-0.2, 0) is 0 Å². The molecule has 0 spiro atoms. The van der Waals surface area contributed by atoms with Crippen LogP contribution in [0.15, 0.2) is 30.6 Å². The number of halogens is 1. The van der Waals surface area contributed by atoms with Gasteiger partial charge in [-0.25, -0.2) is 4.39 Å². The van der Waals surface area contributed by atoms with Crippen LogP contribution in [0.25, 0.3) is 11.1 Å². The van der Waals surface area contributed by atoms with Crippen molar-refractivity contribution in [3.05, 3.63) is 36.4 Å². The molecule has 0 bridgehead atoms. The lowest BCUT2D eigenvalue weighted by atomic mass is 10.1. The lowest BCUT2D eigenvalue weighted by Gasteiger charge is -2.03. The molecule has 0 amide bonds. The van der Waals surface area contributed by atoms with Gasteiger partial charge in [-0.15, -0.1) is 0 Å². The van der Waals surface area contributed by atoms with Gasteiger partial charge in [0.25, 0.3) is 0 Å². The van der Waals surface area contributed by atoms with E-state index in [9.17, 15) is 9.50 Å². The van der Waals surface area contributed by atoms with Crippen LogP contribution in [0.2, 0.25) is 0 Å². The Balaban J connectivity index is 2.46. The van der Waals surface area contributed by atoms with Gasteiger partial charge in [-0.1, -0.05) is 0 Å². The summed E-state index contributed by atoms with van der Waals surface area (Å²) < 4.78 is 15.3. The first-order valence-electron chi connectivity index (χ1n) is 5.11. The second-order valence-electron chi connectivity index (χ2n) is 3.97. The van der Waals surface area contributed by atoms with E-state index in [2.05, 4.69) is 5.10 Å².